The molecule has 1 aliphatic carbocycles. The van der Waals surface area contributed by atoms with Crippen molar-refractivity contribution in [3.05, 3.63) is 35.1 Å². The number of rotatable bonds is 4. The van der Waals surface area contributed by atoms with Crippen LogP contribution in [0.2, 0.25) is 0 Å². The zero-order valence-electron chi connectivity index (χ0n) is 11.6. The molecule has 1 aromatic carbocycles. The molecule has 1 atom stereocenters. The first-order valence-electron chi connectivity index (χ1n) is 7.00. The Morgan fingerprint density at radius 1 is 1.35 bits per heavy atom. The fourth-order valence-electron chi connectivity index (χ4n) is 2.92. The van der Waals surface area contributed by atoms with E-state index in [1.165, 1.54) is 12.1 Å². The van der Waals surface area contributed by atoms with Gasteiger partial charge in [0, 0.05) is 18.9 Å². The van der Waals surface area contributed by atoms with Gasteiger partial charge in [-0.3, -0.25) is 11.3 Å². The second-order valence-electron chi connectivity index (χ2n) is 5.74. The lowest BCUT2D eigenvalue weighted by Crippen LogP contribution is -2.45. The van der Waals surface area contributed by atoms with Gasteiger partial charge in [-0.25, -0.2) is 13.2 Å². The minimum Gasteiger partial charge on any atom is -0.271 e. The molecule has 0 spiro atoms. The molecule has 0 bridgehead atoms. The maximum absolute atomic E-state index is 13.3. The van der Waals surface area contributed by atoms with Crippen molar-refractivity contribution in [1.29, 1.82) is 0 Å². The summed E-state index contributed by atoms with van der Waals surface area (Å²) in [7, 11) is 0. The van der Waals surface area contributed by atoms with Gasteiger partial charge in [-0.15, -0.1) is 0 Å². The summed E-state index contributed by atoms with van der Waals surface area (Å²) in [6.45, 7) is 1.91. The molecule has 0 aliphatic heterocycles. The van der Waals surface area contributed by atoms with Crippen LogP contribution in [0.1, 0.15) is 36.8 Å². The molecule has 20 heavy (non-hydrogen) atoms. The first kappa shape index (κ1) is 15.3. The van der Waals surface area contributed by atoms with Gasteiger partial charge < -0.3 is 0 Å². The summed E-state index contributed by atoms with van der Waals surface area (Å²) in [5, 5.41) is 0. The number of hydrogen-bond acceptors (Lipinski definition) is 2. The minimum atomic E-state index is -2.54. The number of halogens is 3. The van der Waals surface area contributed by atoms with E-state index in [1.807, 2.05) is 6.92 Å². The van der Waals surface area contributed by atoms with Crippen molar-refractivity contribution < 1.29 is 13.2 Å². The summed E-state index contributed by atoms with van der Waals surface area (Å²) in [6, 6.07) is 4.56. The highest BCUT2D eigenvalue weighted by Gasteiger charge is 2.37. The lowest BCUT2D eigenvalue weighted by molar-refractivity contribution is -0.0495. The third kappa shape index (κ3) is 3.73. The Hall–Kier alpha value is -1.07. The van der Waals surface area contributed by atoms with E-state index in [-0.39, 0.29) is 30.6 Å². The number of hydrazine groups is 1. The van der Waals surface area contributed by atoms with Crippen LogP contribution in [0.3, 0.4) is 0 Å². The normalized spacial score (nSPS) is 20.9. The standard InChI is InChI=1S/C15H21F3N2/c1-10-2-3-13(16)8-12(10)9-14(20-19)11-4-6-15(17,18)7-5-11/h2-3,8,11,14,20H,4-7,9,19H2,1H3. The van der Waals surface area contributed by atoms with Gasteiger partial charge in [-0.1, -0.05) is 6.07 Å². The Kier molecular flexibility index (Phi) is 4.70. The molecule has 0 saturated heterocycles. The van der Waals surface area contributed by atoms with Crippen LogP contribution in [0.4, 0.5) is 13.2 Å². The fraction of sp³-hybridized carbons (Fsp3) is 0.600. The van der Waals surface area contributed by atoms with E-state index >= 15 is 0 Å². The van der Waals surface area contributed by atoms with Gasteiger partial charge >= 0.3 is 0 Å². The van der Waals surface area contributed by atoms with Gasteiger partial charge in [-0.2, -0.15) is 0 Å². The second-order valence-corrected chi connectivity index (χ2v) is 5.74. The molecule has 0 aromatic heterocycles. The summed E-state index contributed by atoms with van der Waals surface area (Å²) in [6.07, 6.45) is 1.30. The average molecular weight is 286 g/mol. The maximum Gasteiger partial charge on any atom is 0.248 e. The molecule has 1 aliphatic rings. The van der Waals surface area contributed by atoms with E-state index in [1.54, 1.807) is 6.07 Å². The lowest BCUT2D eigenvalue weighted by atomic mass is 9.80. The third-order valence-electron chi connectivity index (χ3n) is 4.30. The summed E-state index contributed by atoms with van der Waals surface area (Å²) in [5.74, 6) is 2.87. The van der Waals surface area contributed by atoms with Crippen molar-refractivity contribution in [2.24, 2.45) is 11.8 Å². The van der Waals surface area contributed by atoms with Crippen LogP contribution in [0.25, 0.3) is 0 Å². The van der Waals surface area contributed by atoms with Gasteiger partial charge in [0.25, 0.3) is 0 Å². The number of hydrogen-bond donors (Lipinski definition) is 2. The van der Waals surface area contributed by atoms with E-state index in [9.17, 15) is 13.2 Å². The van der Waals surface area contributed by atoms with Crippen LogP contribution in [-0.4, -0.2) is 12.0 Å². The molecule has 0 radical (unpaired) electrons. The molecule has 1 fully saturated rings. The SMILES string of the molecule is Cc1ccc(F)cc1CC(NN)C1CCC(F)(F)CC1. The summed E-state index contributed by atoms with van der Waals surface area (Å²) < 4.78 is 39.7. The topological polar surface area (TPSA) is 38.0 Å². The molecule has 2 rings (SSSR count). The Morgan fingerprint density at radius 3 is 2.60 bits per heavy atom. The van der Waals surface area contributed by atoms with Gasteiger partial charge in [0.15, 0.2) is 0 Å². The molecule has 1 saturated carbocycles. The first-order valence-corrected chi connectivity index (χ1v) is 7.00. The quantitative estimate of drug-likeness (QED) is 0.658. The van der Waals surface area contributed by atoms with E-state index < -0.39 is 5.92 Å². The molecule has 5 heteroatoms. The Labute approximate surface area is 117 Å². The molecule has 1 aromatic rings. The molecule has 2 nitrogen and oxygen atoms in total. The van der Waals surface area contributed by atoms with Crippen molar-refractivity contribution in [2.45, 2.75) is 51.0 Å². The van der Waals surface area contributed by atoms with Gasteiger partial charge in [0.2, 0.25) is 5.92 Å². The van der Waals surface area contributed by atoms with Crippen molar-refractivity contribution in [3.63, 3.8) is 0 Å². The van der Waals surface area contributed by atoms with Crippen molar-refractivity contribution in [3.8, 4) is 0 Å². The van der Waals surface area contributed by atoms with Crippen LogP contribution in [0.5, 0.6) is 0 Å². The maximum atomic E-state index is 13.3. The predicted molar refractivity (Wildman–Crippen MR) is 72.9 cm³/mol. The minimum absolute atomic E-state index is 0.0853. The number of aryl methyl sites for hydroxylation is 1. The van der Waals surface area contributed by atoms with Gasteiger partial charge in [-0.05, 0) is 55.4 Å². The number of nitrogens with two attached hydrogens (primary N) is 1. The van der Waals surface area contributed by atoms with Crippen molar-refractivity contribution in [1.82, 2.24) is 5.43 Å². The van der Waals surface area contributed by atoms with E-state index in [2.05, 4.69) is 5.43 Å². The largest absolute Gasteiger partial charge is 0.271 e. The Bertz CT molecular complexity index is 452. The average Bonchev–Trinajstić information content (AvgIpc) is 2.40. The molecule has 112 valence electrons. The molecular formula is C15H21F3N2. The third-order valence-corrected chi connectivity index (χ3v) is 4.30. The monoisotopic (exact) mass is 286 g/mol. The Balaban J connectivity index is 2.04. The van der Waals surface area contributed by atoms with Gasteiger partial charge in [0.05, 0.1) is 0 Å². The first-order chi connectivity index (χ1) is 9.41. The van der Waals surface area contributed by atoms with Gasteiger partial charge in [0.1, 0.15) is 5.82 Å². The van der Waals surface area contributed by atoms with E-state index in [0.717, 1.165) is 11.1 Å². The fourth-order valence-corrected chi connectivity index (χ4v) is 2.92. The highest BCUT2D eigenvalue weighted by Crippen LogP contribution is 2.38. The Morgan fingerprint density at radius 2 is 2.00 bits per heavy atom. The second kappa shape index (κ2) is 6.14. The zero-order chi connectivity index (χ0) is 14.8. The van der Waals surface area contributed by atoms with E-state index in [0.29, 0.717) is 19.3 Å². The summed E-state index contributed by atoms with van der Waals surface area (Å²) in [5.41, 5.74) is 4.60. The predicted octanol–water partition coefficient (Wildman–Crippen LogP) is 3.33. The summed E-state index contributed by atoms with van der Waals surface area (Å²) in [4.78, 5) is 0. The molecule has 0 heterocycles. The zero-order valence-corrected chi connectivity index (χ0v) is 11.6. The van der Waals surface area contributed by atoms with Crippen molar-refractivity contribution in [2.75, 3.05) is 0 Å². The van der Waals surface area contributed by atoms with Crippen LogP contribution in [0.15, 0.2) is 18.2 Å². The molecular weight excluding hydrogens is 265 g/mol. The molecule has 3 N–H and O–H groups in total. The van der Waals surface area contributed by atoms with Crippen LogP contribution >= 0.6 is 0 Å². The highest BCUT2D eigenvalue weighted by atomic mass is 19.3. The van der Waals surface area contributed by atoms with Crippen molar-refractivity contribution >= 4 is 0 Å². The number of alkyl halides is 2. The smallest absolute Gasteiger partial charge is 0.248 e. The molecule has 0 amide bonds. The van der Waals surface area contributed by atoms with E-state index in [4.69, 9.17) is 5.84 Å². The summed E-state index contributed by atoms with van der Waals surface area (Å²) >= 11 is 0. The van der Waals surface area contributed by atoms with Crippen LogP contribution in [0, 0.1) is 18.7 Å². The molecule has 1 unspecified atom stereocenters. The number of nitrogens with one attached hydrogen (secondary N) is 1. The highest BCUT2D eigenvalue weighted by molar-refractivity contribution is 5.27. The lowest BCUT2D eigenvalue weighted by Gasteiger charge is -2.33. The van der Waals surface area contributed by atoms with Crippen LogP contribution in [-0.2, 0) is 6.42 Å². The van der Waals surface area contributed by atoms with Crippen LogP contribution < -0.4 is 11.3 Å². The number of benzene rings is 1.